The maximum Gasteiger partial charge on any atom is 0.157 e. The smallest absolute Gasteiger partial charge is 0.157 e. The molecular weight excluding hydrogens is 196 g/mol. The molecule has 14 heavy (non-hydrogen) atoms. The van der Waals surface area contributed by atoms with E-state index in [0.29, 0.717) is 12.1 Å². The third-order valence-electron chi connectivity index (χ3n) is 2.31. The third kappa shape index (κ3) is 3.88. The Kier molecular flexibility index (Phi) is 5.33. The van der Waals surface area contributed by atoms with Crippen LogP contribution in [-0.2, 0) is 4.74 Å². The molecule has 0 aliphatic carbocycles. The van der Waals surface area contributed by atoms with Crippen molar-refractivity contribution < 1.29 is 4.74 Å². The van der Waals surface area contributed by atoms with E-state index in [4.69, 9.17) is 4.74 Å². The third-order valence-corrected chi connectivity index (χ3v) is 3.36. The molecule has 0 saturated carbocycles. The fraction of sp³-hybridized carbons (Fsp3) is 0.900. The summed E-state index contributed by atoms with van der Waals surface area (Å²) in [6, 6.07) is 0.980. The highest BCUT2D eigenvalue weighted by Gasteiger charge is 2.17. The van der Waals surface area contributed by atoms with Gasteiger partial charge in [0.1, 0.15) is 0 Å². The van der Waals surface area contributed by atoms with Gasteiger partial charge in [-0.25, -0.2) is 0 Å². The molecule has 0 aromatic heterocycles. The molecule has 0 spiro atoms. The molecule has 0 radical (unpaired) electrons. The Bertz CT molecular complexity index is 197. The monoisotopic (exact) mass is 216 g/mol. The van der Waals surface area contributed by atoms with Crippen LogP contribution in [0.15, 0.2) is 4.99 Å². The van der Waals surface area contributed by atoms with Gasteiger partial charge in [0.15, 0.2) is 5.17 Å². The molecule has 2 unspecified atom stereocenters. The second kappa shape index (κ2) is 6.30. The highest BCUT2D eigenvalue weighted by molar-refractivity contribution is 8.14. The molecule has 1 aliphatic heterocycles. The van der Waals surface area contributed by atoms with Crippen molar-refractivity contribution in [3.8, 4) is 0 Å². The van der Waals surface area contributed by atoms with Crippen molar-refractivity contribution in [1.29, 1.82) is 0 Å². The lowest BCUT2D eigenvalue weighted by Gasteiger charge is -2.13. The maximum absolute atomic E-state index is 5.03. The van der Waals surface area contributed by atoms with Crippen molar-refractivity contribution in [2.24, 2.45) is 4.99 Å². The molecule has 1 heterocycles. The Labute approximate surface area is 90.7 Å². The molecule has 0 fully saturated rings. The second-order valence-corrected chi connectivity index (χ2v) is 4.64. The first-order valence-corrected chi connectivity index (χ1v) is 6.21. The Morgan fingerprint density at radius 2 is 2.50 bits per heavy atom. The van der Waals surface area contributed by atoms with Gasteiger partial charge in [-0.2, -0.15) is 0 Å². The lowest BCUT2D eigenvalue weighted by atomic mass is 10.2. The molecule has 2 atom stereocenters. The summed E-state index contributed by atoms with van der Waals surface area (Å²) < 4.78 is 5.03. The zero-order chi connectivity index (χ0) is 10.4. The van der Waals surface area contributed by atoms with E-state index in [0.717, 1.165) is 30.4 Å². The molecule has 1 N–H and O–H groups in total. The minimum Gasteiger partial charge on any atom is -0.385 e. The van der Waals surface area contributed by atoms with Crippen molar-refractivity contribution in [2.45, 2.75) is 38.8 Å². The fourth-order valence-corrected chi connectivity index (χ4v) is 2.45. The number of hydrogen-bond donors (Lipinski definition) is 1. The van der Waals surface area contributed by atoms with Crippen molar-refractivity contribution in [2.75, 3.05) is 19.5 Å². The topological polar surface area (TPSA) is 33.6 Å². The van der Waals surface area contributed by atoms with Crippen LogP contribution >= 0.6 is 11.8 Å². The number of hydrogen-bond acceptors (Lipinski definition) is 4. The zero-order valence-corrected chi connectivity index (χ0v) is 10.1. The van der Waals surface area contributed by atoms with Gasteiger partial charge in [-0.15, -0.1) is 0 Å². The van der Waals surface area contributed by atoms with Crippen LogP contribution in [0.2, 0.25) is 0 Å². The number of ether oxygens (including phenoxy) is 1. The quantitative estimate of drug-likeness (QED) is 0.762. The van der Waals surface area contributed by atoms with E-state index >= 15 is 0 Å². The van der Waals surface area contributed by atoms with Gasteiger partial charge in [0.2, 0.25) is 0 Å². The van der Waals surface area contributed by atoms with Crippen molar-refractivity contribution >= 4 is 16.9 Å². The summed E-state index contributed by atoms with van der Waals surface area (Å²) in [5.41, 5.74) is 0. The lowest BCUT2D eigenvalue weighted by molar-refractivity contribution is 0.187. The second-order valence-electron chi connectivity index (χ2n) is 3.63. The standard InChI is InChI=1S/C10H20N2OS/c1-4-9-7-14-10(12-9)11-8(2)5-6-13-3/h8-9H,4-7H2,1-3H3,(H,11,12). The molecule has 4 heteroatoms. The van der Waals surface area contributed by atoms with Crippen LogP contribution in [0.5, 0.6) is 0 Å². The predicted octanol–water partition coefficient (Wildman–Crippen LogP) is 1.88. The number of rotatable bonds is 5. The number of aliphatic imine (C=N–C) groups is 1. The zero-order valence-electron chi connectivity index (χ0n) is 9.25. The largest absolute Gasteiger partial charge is 0.385 e. The van der Waals surface area contributed by atoms with Crippen LogP contribution in [0, 0.1) is 0 Å². The van der Waals surface area contributed by atoms with Crippen LogP contribution < -0.4 is 5.32 Å². The highest BCUT2D eigenvalue weighted by atomic mass is 32.2. The Balaban J connectivity index is 2.23. The van der Waals surface area contributed by atoms with Crippen LogP contribution in [0.1, 0.15) is 26.7 Å². The van der Waals surface area contributed by atoms with Crippen LogP contribution in [-0.4, -0.2) is 36.7 Å². The Morgan fingerprint density at radius 3 is 3.07 bits per heavy atom. The normalized spacial score (nSPS) is 23.4. The van der Waals surface area contributed by atoms with Crippen LogP contribution in [0.3, 0.4) is 0 Å². The van der Waals surface area contributed by atoms with Gasteiger partial charge in [0, 0.05) is 25.5 Å². The molecule has 0 bridgehead atoms. The van der Waals surface area contributed by atoms with E-state index in [2.05, 4.69) is 24.2 Å². The Hall–Kier alpha value is -0.220. The van der Waals surface area contributed by atoms with Gasteiger partial charge >= 0.3 is 0 Å². The molecule has 0 amide bonds. The van der Waals surface area contributed by atoms with Crippen LogP contribution in [0.4, 0.5) is 0 Å². The molecule has 1 aliphatic rings. The van der Waals surface area contributed by atoms with Crippen LogP contribution in [0.25, 0.3) is 0 Å². The van der Waals surface area contributed by atoms with Gasteiger partial charge < -0.3 is 10.1 Å². The number of amidine groups is 1. The summed E-state index contributed by atoms with van der Waals surface area (Å²) in [5, 5.41) is 4.52. The molecule has 3 nitrogen and oxygen atoms in total. The number of methoxy groups -OCH3 is 1. The van der Waals surface area contributed by atoms with Crippen molar-refractivity contribution in [1.82, 2.24) is 5.32 Å². The first-order chi connectivity index (χ1) is 6.76. The summed E-state index contributed by atoms with van der Waals surface area (Å²) in [5.74, 6) is 1.13. The Morgan fingerprint density at radius 1 is 1.71 bits per heavy atom. The van der Waals surface area contributed by atoms with E-state index in [1.165, 1.54) is 0 Å². The van der Waals surface area contributed by atoms with Gasteiger partial charge in [0.25, 0.3) is 0 Å². The van der Waals surface area contributed by atoms with Crippen molar-refractivity contribution in [3.05, 3.63) is 0 Å². The van der Waals surface area contributed by atoms with Gasteiger partial charge in [-0.05, 0) is 19.8 Å². The molecule has 0 aromatic rings. The first kappa shape index (κ1) is 11.9. The summed E-state index contributed by atoms with van der Waals surface area (Å²) in [4.78, 5) is 4.58. The van der Waals surface area contributed by atoms with Gasteiger partial charge in [0.05, 0.1) is 6.04 Å². The van der Waals surface area contributed by atoms with E-state index in [9.17, 15) is 0 Å². The molecular formula is C10H20N2OS. The fourth-order valence-electron chi connectivity index (χ4n) is 1.28. The minimum atomic E-state index is 0.455. The summed E-state index contributed by atoms with van der Waals surface area (Å²) in [6.45, 7) is 5.16. The van der Waals surface area contributed by atoms with Crippen molar-refractivity contribution in [3.63, 3.8) is 0 Å². The first-order valence-electron chi connectivity index (χ1n) is 5.22. The molecule has 0 saturated heterocycles. The number of nitrogens with one attached hydrogen (secondary N) is 1. The van der Waals surface area contributed by atoms with Gasteiger partial charge in [-0.1, -0.05) is 18.7 Å². The minimum absolute atomic E-state index is 0.455. The summed E-state index contributed by atoms with van der Waals surface area (Å²) in [6.07, 6.45) is 2.18. The molecule has 1 rings (SSSR count). The van der Waals surface area contributed by atoms with Gasteiger partial charge in [-0.3, -0.25) is 4.99 Å². The van der Waals surface area contributed by atoms with E-state index in [1.807, 2.05) is 11.8 Å². The summed E-state index contributed by atoms with van der Waals surface area (Å²) >= 11 is 1.83. The van der Waals surface area contributed by atoms with E-state index < -0.39 is 0 Å². The highest BCUT2D eigenvalue weighted by Crippen LogP contribution is 2.18. The van der Waals surface area contributed by atoms with E-state index in [1.54, 1.807) is 7.11 Å². The number of thioether (sulfide) groups is 1. The predicted molar refractivity (Wildman–Crippen MR) is 63.1 cm³/mol. The maximum atomic E-state index is 5.03. The average molecular weight is 216 g/mol. The molecule has 0 aromatic carbocycles. The lowest BCUT2D eigenvalue weighted by Crippen LogP contribution is -2.30. The number of nitrogens with zero attached hydrogens (tertiary/aromatic N) is 1. The summed E-state index contributed by atoms with van der Waals surface area (Å²) in [7, 11) is 1.74. The SMILES string of the molecule is CCC1CSC(NC(C)CCOC)=N1. The molecule has 82 valence electrons. The average Bonchev–Trinajstić information content (AvgIpc) is 2.62. The van der Waals surface area contributed by atoms with E-state index in [-0.39, 0.29) is 0 Å².